The van der Waals surface area contributed by atoms with Gasteiger partial charge in [0.1, 0.15) is 5.75 Å². The van der Waals surface area contributed by atoms with Crippen molar-refractivity contribution in [3.8, 4) is 5.75 Å². The van der Waals surface area contributed by atoms with Crippen molar-refractivity contribution < 1.29 is 22.7 Å². The normalized spacial score (nSPS) is 31.4. The summed E-state index contributed by atoms with van der Waals surface area (Å²) in [6.45, 7) is 5.83. The van der Waals surface area contributed by atoms with E-state index in [9.17, 15) is 18.0 Å². The SMILES string of the molecule is C[C@@H]1CC(=O)NC[C@@H]2CC[C@H]2CN2C[C@@]3(CCCc4cc(Cl)ccc43)COc3ccc(cc32)C(=O)NS(=O)(=O)[C@@H]1C. The third-order valence-corrected chi connectivity index (χ3v) is 12.1. The molecular formula is C31H38ClN3O5S. The number of hydrogen-bond donors (Lipinski definition) is 2. The van der Waals surface area contributed by atoms with Gasteiger partial charge in [-0.15, -0.1) is 0 Å². The smallest absolute Gasteiger partial charge is 0.264 e. The summed E-state index contributed by atoms with van der Waals surface area (Å²) < 4.78 is 35.0. The van der Waals surface area contributed by atoms with Crippen molar-refractivity contribution in [1.82, 2.24) is 10.0 Å². The van der Waals surface area contributed by atoms with E-state index >= 15 is 0 Å². The monoisotopic (exact) mass is 599 g/mol. The summed E-state index contributed by atoms with van der Waals surface area (Å²) >= 11 is 6.37. The van der Waals surface area contributed by atoms with Crippen LogP contribution in [0.4, 0.5) is 5.69 Å². The minimum Gasteiger partial charge on any atom is -0.490 e. The lowest BCUT2D eigenvalue weighted by Gasteiger charge is -2.44. The van der Waals surface area contributed by atoms with Crippen LogP contribution in [0.2, 0.25) is 5.02 Å². The summed E-state index contributed by atoms with van der Waals surface area (Å²) in [5.74, 6) is 0.127. The molecule has 1 saturated carbocycles. The maximum absolute atomic E-state index is 13.3. The molecule has 2 aromatic carbocycles. The molecule has 220 valence electrons. The number of fused-ring (bicyclic) bond motifs is 4. The predicted octanol–water partition coefficient (Wildman–Crippen LogP) is 4.44. The zero-order valence-corrected chi connectivity index (χ0v) is 25.2. The van der Waals surface area contributed by atoms with Gasteiger partial charge >= 0.3 is 0 Å². The number of carbonyl (C=O) groups is 2. The molecule has 2 amide bonds. The van der Waals surface area contributed by atoms with E-state index in [4.69, 9.17) is 16.3 Å². The summed E-state index contributed by atoms with van der Waals surface area (Å²) in [5, 5.41) is 2.88. The fourth-order valence-electron chi connectivity index (χ4n) is 7.05. The highest BCUT2D eigenvalue weighted by Gasteiger charge is 2.43. The molecule has 1 fully saturated rings. The van der Waals surface area contributed by atoms with E-state index in [0.29, 0.717) is 37.3 Å². The number of nitrogens with one attached hydrogen (secondary N) is 2. The molecule has 0 radical (unpaired) electrons. The van der Waals surface area contributed by atoms with Crippen molar-refractivity contribution in [3.63, 3.8) is 0 Å². The first-order valence-electron chi connectivity index (χ1n) is 14.7. The highest BCUT2D eigenvalue weighted by Crippen LogP contribution is 2.46. The number of halogens is 1. The molecule has 6 rings (SSSR count). The van der Waals surface area contributed by atoms with Crippen LogP contribution in [0.15, 0.2) is 36.4 Å². The fourth-order valence-corrected chi connectivity index (χ4v) is 8.51. The first kappa shape index (κ1) is 28.3. The van der Waals surface area contributed by atoms with Gasteiger partial charge in [0.2, 0.25) is 15.9 Å². The number of nitrogens with zero attached hydrogens (tertiary/aromatic N) is 1. The van der Waals surface area contributed by atoms with Gasteiger partial charge in [-0.2, -0.15) is 0 Å². The molecule has 2 aromatic rings. The van der Waals surface area contributed by atoms with Crippen molar-refractivity contribution in [2.75, 3.05) is 31.1 Å². The van der Waals surface area contributed by atoms with Crippen LogP contribution in [0, 0.1) is 17.8 Å². The van der Waals surface area contributed by atoms with Crippen molar-refractivity contribution in [2.24, 2.45) is 17.8 Å². The molecular weight excluding hydrogens is 562 g/mol. The highest BCUT2D eigenvalue weighted by atomic mass is 35.5. The summed E-state index contributed by atoms with van der Waals surface area (Å²) in [4.78, 5) is 28.4. The van der Waals surface area contributed by atoms with Crippen LogP contribution in [0.25, 0.3) is 0 Å². The maximum atomic E-state index is 13.3. The van der Waals surface area contributed by atoms with Crippen LogP contribution in [0.3, 0.4) is 0 Å². The summed E-state index contributed by atoms with van der Waals surface area (Å²) in [6.07, 6.45) is 5.17. The summed E-state index contributed by atoms with van der Waals surface area (Å²) in [7, 11) is -4.00. The second-order valence-electron chi connectivity index (χ2n) is 12.6. The molecule has 10 heteroatoms. The number of rotatable bonds is 0. The van der Waals surface area contributed by atoms with Gasteiger partial charge in [-0.3, -0.25) is 9.59 Å². The Labute approximate surface area is 247 Å². The predicted molar refractivity (Wildman–Crippen MR) is 159 cm³/mol. The van der Waals surface area contributed by atoms with Crippen molar-refractivity contribution >= 4 is 39.1 Å². The molecule has 8 nitrogen and oxygen atoms in total. The molecule has 5 atom stereocenters. The molecule has 2 bridgehead atoms. The van der Waals surface area contributed by atoms with Gasteiger partial charge in [0.15, 0.2) is 0 Å². The Morgan fingerprint density at radius 3 is 2.66 bits per heavy atom. The number of amides is 2. The molecule has 0 unspecified atom stereocenters. The van der Waals surface area contributed by atoms with Gasteiger partial charge in [-0.05, 0) is 98.2 Å². The van der Waals surface area contributed by atoms with E-state index in [2.05, 4.69) is 27.1 Å². The molecule has 0 saturated heterocycles. The first-order valence-corrected chi connectivity index (χ1v) is 16.6. The largest absolute Gasteiger partial charge is 0.490 e. The number of aryl methyl sites for hydroxylation is 1. The van der Waals surface area contributed by atoms with Crippen LogP contribution >= 0.6 is 11.6 Å². The molecule has 1 spiro atoms. The van der Waals surface area contributed by atoms with E-state index < -0.39 is 27.1 Å². The first-order chi connectivity index (χ1) is 19.5. The van der Waals surface area contributed by atoms with Gasteiger partial charge in [0, 0.05) is 42.1 Å². The highest BCUT2D eigenvalue weighted by molar-refractivity contribution is 7.90. The standard InChI is InChI=1S/C31H38ClN3O5S/c1-19-12-29(36)33-15-23-5-6-24(23)16-35-17-31(11-3-4-21-13-25(32)8-9-26(21)31)18-40-28-10-7-22(14-27(28)35)30(37)34-41(38,39)20(19)2/h7-10,13-14,19-20,23-24H,3-6,11-12,15-18H2,1-2H3,(H,33,36)(H,34,37)/t19-,20-,23+,24+,31+/m1/s1. The van der Waals surface area contributed by atoms with Crippen LogP contribution in [-0.2, 0) is 26.7 Å². The number of benzene rings is 2. The Hall–Kier alpha value is -2.78. The van der Waals surface area contributed by atoms with E-state index in [1.165, 1.54) is 11.1 Å². The van der Waals surface area contributed by atoms with Crippen LogP contribution in [-0.4, -0.2) is 51.7 Å². The van der Waals surface area contributed by atoms with Gasteiger partial charge < -0.3 is 15.0 Å². The Balaban J connectivity index is 1.40. The molecule has 4 aliphatic rings. The molecule has 2 aliphatic carbocycles. The number of hydrogen-bond acceptors (Lipinski definition) is 6. The van der Waals surface area contributed by atoms with E-state index in [1.54, 1.807) is 32.0 Å². The zero-order valence-electron chi connectivity index (χ0n) is 23.6. The second-order valence-corrected chi connectivity index (χ2v) is 15.0. The van der Waals surface area contributed by atoms with Gasteiger partial charge in [-0.25, -0.2) is 13.1 Å². The quantitative estimate of drug-likeness (QED) is 0.464. The minimum absolute atomic E-state index is 0.0852. The third-order valence-electron chi connectivity index (χ3n) is 9.92. The third kappa shape index (κ3) is 5.43. The fraction of sp³-hybridized carbons (Fsp3) is 0.548. The number of anilines is 1. The second kappa shape index (κ2) is 10.8. The van der Waals surface area contributed by atoms with E-state index in [1.807, 2.05) is 6.07 Å². The molecule has 2 aliphatic heterocycles. The lowest BCUT2D eigenvalue weighted by molar-refractivity contribution is -0.122. The Morgan fingerprint density at radius 1 is 1.07 bits per heavy atom. The van der Waals surface area contributed by atoms with Crippen molar-refractivity contribution in [1.29, 1.82) is 0 Å². The molecule has 2 N–H and O–H groups in total. The van der Waals surface area contributed by atoms with Crippen LogP contribution in [0.1, 0.15) is 67.4 Å². The molecule has 0 aromatic heterocycles. The van der Waals surface area contributed by atoms with E-state index in [-0.39, 0.29) is 23.3 Å². The Morgan fingerprint density at radius 2 is 1.88 bits per heavy atom. The number of sulfonamides is 1. The maximum Gasteiger partial charge on any atom is 0.264 e. The minimum atomic E-state index is -4.00. The van der Waals surface area contributed by atoms with Gasteiger partial charge in [-0.1, -0.05) is 24.6 Å². The number of ether oxygens (including phenoxy) is 1. The Kier molecular flexibility index (Phi) is 7.47. The van der Waals surface area contributed by atoms with Crippen molar-refractivity contribution in [3.05, 3.63) is 58.1 Å². The average Bonchev–Trinajstić information content (AvgIpc) is 3.06. The van der Waals surface area contributed by atoms with Crippen molar-refractivity contribution in [2.45, 2.75) is 63.0 Å². The lowest BCUT2D eigenvalue weighted by atomic mass is 9.69. The lowest BCUT2D eigenvalue weighted by Crippen LogP contribution is -2.49. The number of carbonyl (C=O) groups excluding carboxylic acids is 2. The Bertz CT molecular complexity index is 1480. The topological polar surface area (TPSA) is 105 Å². The van der Waals surface area contributed by atoms with Gasteiger partial charge in [0.05, 0.1) is 17.5 Å². The van der Waals surface area contributed by atoms with E-state index in [0.717, 1.165) is 49.4 Å². The summed E-state index contributed by atoms with van der Waals surface area (Å²) in [5.41, 5.74) is 3.34. The molecule has 41 heavy (non-hydrogen) atoms. The molecule has 2 heterocycles. The zero-order chi connectivity index (χ0) is 28.9. The summed E-state index contributed by atoms with van der Waals surface area (Å²) in [6, 6.07) is 11.4. The van der Waals surface area contributed by atoms with Crippen LogP contribution in [0.5, 0.6) is 5.75 Å². The van der Waals surface area contributed by atoms with Gasteiger partial charge in [0.25, 0.3) is 5.91 Å². The average molecular weight is 600 g/mol. The van der Waals surface area contributed by atoms with Crippen LogP contribution < -0.4 is 19.7 Å².